The van der Waals surface area contributed by atoms with E-state index in [0.29, 0.717) is 16.9 Å². The molecule has 172 valence electrons. The molecule has 0 saturated carbocycles. The first-order valence-electron chi connectivity index (χ1n) is 8.80. The first-order valence-corrected chi connectivity index (χ1v) is 11.5. The second-order valence-electron chi connectivity index (χ2n) is 6.46. The Balaban J connectivity index is 0.000000423. The molecule has 3 N–H and O–H groups in total. The Bertz CT molecular complexity index is 987. The number of nitrogens with zero attached hydrogens (tertiary/aromatic N) is 1. The molecule has 14 heteroatoms. The molecule has 3 rings (SSSR count). The van der Waals surface area contributed by atoms with Gasteiger partial charge < -0.3 is 15.2 Å². The highest BCUT2D eigenvalue weighted by Gasteiger charge is 2.38. The van der Waals surface area contributed by atoms with E-state index in [2.05, 4.69) is 21.9 Å². The van der Waals surface area contributed by atoms with Crippen LogP contribution in [0.5, 0.6) is 5.75 Å². The van der Waals surface area contributed by atoms with Gasteiger partial charge in [0.05, 0.1) is 9.92 Å². The van der Waals surface area contributed by atoms with Crippen LogP contribution in [0.3, 0.4) is 0 Å². The number of rotatable bonds is 5. The molecule has 1 fully saturated rings. The zero-order valence-electron chi connectivity index (χ0n) is 16.0. The van der Waals surface area contributed by atoms with Crippen LogP contribution in [0.25, 0.3) is 0 Å². The van der Waals surface area contributed by atoms with Crippen LogP contribution in [0.15, 0.2) is 34.7 Å². The van der Waals surface area contributed by atoms with Crippen LogP contribution in [0, 0.1) is 0 Å². The first-order chi connectivity index (χ1) is 14.4. The molecule has 1 saturated heterocycles. The van der Waals surface area contributed by atoms with Crippen molar-refractivity contribution in [1.82, 2.24) is 10.3 Å². The molecule has 0 radical (unpaired) electrons. The van der Waals surface area contributed by atoms with Gasteiger partial charge in [0, 0.05) is 17.6 Å². The number of nitrogens with one attached hydrogen (secondary N) is 2. The maximum absolute atomic E-state index is 12.3. The van der Waals surface area contributed by atoms with E-state index in [1.807, 2.05) is 0 Å². The molecule has 1 aliphatic heterocycles. The number of anilines is 1. The van der Waals surface area contributed by atoms with Crippen LogP contribution in [0.1, 0.15) is 19.8 Å². The van der Waals surface area contributed by atoms with E-state index in [1.165, 1.54) is 29.7 Å². The van der Waals surface area contributed by atoms with Gasteiger partial charge in [0.1, 0.15) is 11.9 Å². The standard InChI is InChI=1S/C15H18ClN3O3S2.C2HF3O2/c1-10-8-11(4-5-17-10)22-14-3-2-12(9-13(14)16)24(20,21)19-15-18-6-7-23-15;3-2(4,5)1(6)7/h2-3,6-7,9-11,17H,4-5,8H2,1H3,(H,18,19);(H,6,7)/t10-,11+;/m0./s1. The van der Waals surface area contributed by atoms with Crippen molar-refractivity contribution < 1.29 is 36.2 Å². The Kier molecular flexibility index (Phi) is 8.51. The number of thiazole rings is 1. The lowest BCUT2D eigenvalue weighted by Gasteiger charge is -2.28. The monoisotopic (exact) mass is 501 g/mol. The lowest BCUT2D eigenvalue weighted by molar-refractivity contribution is -0.192. The van der Waals surface area contributed by atoms with Gasteiger partial charge in [0.2, 0.25) is 0 Å². The fourth-order valence-corrected chi connectivity index (χ4v) is 4.67. The molecule has 0 unspecified atom stereocenters. The van der Waals surface area contributed by atoms with Gasteiger partial charge in [-0.05, 0) is 44.5 Å². The molecule has 1 aromatic heterocycles. The number of alkyl halides is 3. The number of sulfonamides is 1. The Morgan fingerprint density at radius 1 is 1.42 bits per heavy atom. The summed E-state index contributed by atoms with van der Waals surface area (Å²) in [6, 6.07) is 4.88. The van der Waals surface area contributed by atoms with Crippen molar-refractivity contribution in [2.24, 2.45) is 0 Å². The van der Waals surface area contributed by atoms with Crippen LogP contribution in [0.4, 0.5) is 18.3 Å². The Labute approximate surface area is 185 Å². The average Bonchev–Trinajstić information content (AvgIpc) is 3.15. The van der Waals surface area contributed by atoms with Crippen LogP contribution < -0.4 is 14.8 Å². The molecule has 0 aliphatic carbocycles. The number of carbonyl (C=O) groups is 1. The minimum Gasteiger partial charge on any atom is -0.489 e. The van der Waals surface area contributed by atoms with Crippen LogP contribution >= 0.6 is 22.9 Å². The van der Waals surface area contributed by atoms with E-state index in [1.54, 1.807) is 11.4 Å². The summed E-state index contributed by atoms with van der Waals surface area (Å²) in [7, 11) is -3.72. The number of ether oxygens (including phenoxy) is 1. The van der Waals surface area contributed by atoms with Gasteiger partial charge in [-0.15, -0.1) is 11.3 Å². The van der Waals surface area contributed by atoms with E-state index in [-0.39, 0.29) is 16.0 Å². The summed E-state index contributed by atoms with van der Waals surface area (Å²) in [4.78, 5) is 12.9. The van der Waals surface area contributed by atoms with Crippen molar-refractivity contribution in [3.05, 3.63) is 34.8 Å². The quantitative estimate of drug-likeness (QED) is 0.571. The molecular formula is C17H19ClF3N3O5S2. The summed E-state index contributed by atoms with van der Waals surface area (Å²) in [6.45, 7) is 3.00. The maximum Gasteiger partial charge on any atom is 0.490 e. The number of aromatic nitrogens is 1. The van der Waals surface area contributed by atoms with Crippen LogP contribution in [-0.2, 0) is 14.8 Å². The summed E-state index contributed by atoms with van der Waals surface area (Å²) < 4.78 is 64.8. The molecule has 2 atom stereocenters. The van der Waals surface area contributed by atoms with Gasteiger partial charge >= 0.3 is 12.1 Å². The first kappa shape index (κ1) is 25.2. The van der Waals surface area contributed by atoms with Gasteiger partial charge in [0.25, 0.3) is 10.0 Å². The average molecular weight is 502 g/mol. The molecule has 0 bridgehead atoms. The second-order valence-corrected chi connectivity index (χ2v) is 9.44. The SMILES string of the molecule is C[C@H]1C[C@H](Oc2ccc(S(=O)(=O)Nc3nccs3)cc2Cl)CCN1.O=C(O)C(F)(F)F. The van der Waals surface area contributed by atoms with Crippen LogP contribution in [-0.4, -0.2) is 49.3 Å². The second kappa shape index (κ2) is 10.5. The predicted molar refractivity (Wildman–Crippen MR) is 109 cm³/mol. The predicted octanol–water partition coefficient (Wildman–Crippen LogP) is 3.75. The molecule has 2 heterocycles. The van der Waals surface area contributed by atoms with Crippen molar-refractivity contribution >= 4 is 44.1 Å². The smallest absolute Gasteiger partial charge is 0.489 e. The Morgan fingerprint density at radius 2 is 2.10 bits per heavy atom. The number of benzene rings is 1. The number of halogens is 4. The zero-order chi connectivity index (χ0) is 23.2. The summed E-state index contributed by atoms with van der Waals surface area (Å²) in [5.41, 5.74) is 0. The van der Waals surface area contributed by atoms with Gasteiger partial charge in [0.15, 0.2) is 5.13 Å². The highest BCUT2D eigenvalue weighted by atomic mass is 35.5. The third-order valence-corrected chi connectivity index (χ3v) is 6.43. The summed E-state index contributed by atoms with van der Waals surface area (Å²) in [5, 5.41) is 12.8. The van der Waals surface area contributed by atoms with Crippen molar-refractivity contribution in [3.63, 3.8) is 0 Å². The molecule has 31 heavy (non-hydrogen) atoms. The number of carboxylic acid groups (broad SMARTS) is 1. The molecule has 0 spiro atoms. The molecular weight excluding hydrogens is 483 g/mol. The van der Waals surface area contributed by atoms with Crippen molar-refractivity contribution in [2.75, 3.05) is 11.3 Å². The summed E-state index contributed by atoms with van der Waals surface area (Å²) in [5.74, 6) is -2.25. The van der Waals surface area contributed by atoms with E-state index in [4.69, 9.17) is 26.2 Å². The number of piperidine rings is 1. The van der Waals surface area contributed by atoms with Crippen molar-refractivity contribution in [1.29, 1.82) is 0 Å². The van der Waals surface area contributed by atoms with Crippen molar-refractivity contribution in [3.8, 4) is 5.75 Å². The largest absolute Gasteiger partial charge is 0.490 e. The maximum atomic E-state index is 12.3. The van der Waals surface area contributed by atoms with E-state index in [9.17, 15) is 21.6 Å². The van der Waals surface area contributed by atoms with E-state index in [0.717, 1.165) is 19.4 Å². The minimum absolute atomic E-state index is 0.0775. The zero-order valence-corrected chi connectivity index (χ0v) is 18.4. The third-order valence-electron chi connectivity index (χ3n) is 3.98. The highest BCUT2D eigenvalue weighted by Crippen LogP contribution is 2.30. The van der Waals surface area contributed by atoms with Gasteiger partial charge in [-0.3, -0.25) is 4.72 Å². The normalized spacial score (nSPS) is 19.1. The van der Waals surface area contributed by atoms with Crippen molar-refractivity contribution in [2.45, 2.75) is 43.0 Å². The van der Waals surface area contributed by atoms with E-state index >= 15 is 0 Å². The topological polar surface area (TPSA) is 118 Å². The molecule has 1 aromatic carbocycles. The molecule has 1 aliphatic rings. The fourth-order valence-electron chi connectivity index (χ4n) is 2.56. The number of carboxylic acids is 1. The van der Waals surface area contributed by atoms with Gasteiger partial charge in [-0.1, -0.05) is 11.6 Å². The Morgan fingerprint density at radius 3 is 2.61 bits per heavy atom. The lowest BCUT2D eigenvalue weighted by Crippen LogP contribution is -2.40. The van der Waals surface area contributed by atoms with Gasteiger partial charge in [-0.2, -0.15) is 13.2 Å². The molecule has 8 nitrogen and oxygen atoms in total. The third kappa shape index (κ3) is 7.83. The Hall–Kier alpha value is -2.09. The summed E-state index contributed by atoms with van der Waals surface area (Å²) >= 11 is 7.44. The molecule has 0 amide bonds. The van der Waals surface area contributed by atoms with Gasteiger partial charge in [-0.25, -0.2) is 18.2 Å². The highest BCUT2D eigenvalue weighted by molar-refractivity contribution is 7.93. The number of hydrogen-bond donors (Lipinski definition) is 3. The number of aliphatic carboxylic acids is 1. The fraction of sp³-hybridized carbons (Fsp3) is 0.412. The van der Waals surface area contributed by atoms with Crippen LogP contribution in [0.2, 0.25) is 5.02 Å². The lowest BCUT2D eigenvalue weighted by atomic mass is 10.0. The minimum atomic E-state index is -5.08. The summed E-state index contributed by atoms with van der Waals surface area (Å²) in [6.07, 6.45) is -1.68. The molecule has 2 aromatic rings. The van der Waals surface area contributed by atoms with E-state index < -0.39 is 22.2 Å². The number of hydrogen-bond acceptors (Lipinski definition) is 7.